The fourth-order valence-electron chi connectivity index (χ4n) is 2.19. The molecule has 0 spiro atoms. The van der Waals surface area contributed by atoms with Gasteiger partial charge >= 0.3 is 5.97 Å². The van der Waals surface area contributed by atoms with Crippen LogP contribution in [0.2, 0.25) is 0 Å². The number of carbonyl (C=O) groups excluding carboxylic acids is 1. The van der Waals surface area contributed by atoms with Crippen molar-refractivity contribution >= 4 is 17.7 Å². The van der Waals surface area contributed by atoms with E-state index in [-0.39, 0.29) is 5.97 Å². The minimum absolute atomic E-state index is 0.147. The molecule has 5 nitrogen and oxygen atoms in total. The van der Waals surface area contributed by atoms with Gasteiger partial charge in [0.25, 0.3) is 0 Å². The number of nitrogens with one attached hydrogen (secondary N) is 1. The highest BCUT2D eigenvalue weighted by Crippen LogP contribution is 2.21. The van der Waals surface area contributed by atoms with E-state index in [1.165, 1.54) is 4.90 Å². The van der Waals surface area contributed by atoms with Crippen molar-refractivity contribution in [3.05, 3.63) is 12.4 Å². The topological polar surface area (TPSA) is 56.2 Å². The zero-order valence-electron chi connectivity index (χ0n) is 13.5. The average molecular weight is 313 g/mol. The molecule has 6 heteroatoms. The summed E-state index contributed by atoms with van der Waals surface area (Å²) in [5.41, 5.74) is -0.566. The molecular formula is C15H27N3O2S. The number of rotatable bonds is 10. The Bertz CT molecular complexity index is 436. The standard InChI is InChI=1S/C15H27N3O2S/c1-5-16-15(3,14(19)20-6-2)9-7-8-10-21-13-11-17-18(4)12-13/h11-12,16H,5-10H2,1-4H3. The lowest BCUT2D eigenvalue weighted by molar-refractivity contribution is -0.150. The van der Waals surface area contributed by atoms with E-state index in [1.54, 1.807) is 11.8 Å². The van der Waals surface area contributed by atoms with E-state index >= 15 is 0 Å². The first-order chi connectivity index (χ1) is 10.0. The van der Waals surface area contributed by atoms with Gasteiger partial charge in [0.15, 0.2) is 0 Å². The summed E-state index contributed by atoms with van der Waals surface area (Å²) in [4.78, 5) is 13.2. The van der Waals surface area contributed by atoms with Gasteiger partial charge < -0.3 is 10.1 Å². The summed E-state index contributed by atoms with van der Waals surface area (Å²) >= 11 is 1.80. The number of esters is 1. The Morgan fingerprint density at radius 1 is 1.48 bits per heavy atom. The van der Waals surface area contributed by atoms with Gasteiger partial charge in [-0.3, -0.25) is 9.48 Å². The van der Waals surface area contributed by atoms with Crippen LogP contribution >= 0.6 is 11.8 Å². The maximum Gasteiger partial charge on any atom is 0.326 e. The number of nitrogens with zero attached hydrogens (tertiary/aromatic N) is 2. The smallest absolute Gasteiger partial charge is 0.326 e. The van der Waals surface area contributed by atoms with Crippen molar-refractivity contribution in [3.8, 4) is 0 Å². The largest absolute Gasteiger partial charge is 0.465 e. The first-order valence-electron chi connectivity index (χ1n) is 7.55. The van der Waals surface area contributed by atoms with Crippen molar-refractivity contribution in [1.82, 2.24) is 15.1 Å². The molecule has 0 fully saturated rings. The van der Waals surface area contributed by atoms with Gasteiger partial charge in [-0.25, -0.2) is 0 Å². The number of likely N-dealkylation sites (N-methyl/N-ethyl adjacent to an activating group) is 1. The summed E-state index contributed by atoms with van der Waals surface area (Å²) in [7, 11) is 1.92. The molecule has 0 saturated carbocycles. The third kappa shape index (κ3) is 6.09. The number of hydrogen-bond acceptors (Lipinski definition) is 5. The number of aromatic nitrogens is 2. The van der Waals surface area contributed by atoms with Crippen LogP contribution in [-0.4, -0.2) is 40.2 Å². The van der Waals surface area contributed by atoms with Crippen LogP contribution in [0.25, 0.3) is 0 Å². The molecule has 0 saturated heterocycles. The molecule has 1 N–H and O–H groups in total. The van der Waals surface area contributed by atoms with Crippen LogP contribution in [0.5, 0.6) is 0 Å². The lowest BCUT2D eigenvalue weighted by atomic mass is 9.95. The Labute approximate surface area is 131 Å². The summed E-state index contributed by atoms with van der Waals surface area (Å²) in [6.45, 7) is 6.98. The van der Waals surface area contributed by atoms with E-state index in [0.29, 0.717) is 6.61 Å². The molecule has 0 aliphatic carbocycles. The quantitative estimate of drug-likeness (QED) is 0.409. The van der Waals surface area contributed by atoms with Gasteiger partial charge in [-0.15, -0.1) is 11.8 Å². The van der Waals surface area contributed by atoms with Crippen molar-refractivity contribution in [2.45, 2.75) is 50.5 Å². The molecule has 1 unspecified atom stereocenters. The Kier molecular flexibility index (Phi) is 7.82. The number of ether oxygens (including phenoxy) is 1. The second-order valence-electron chi connectivity index (χ2n) is 5.24. The predicted molar refractivity (Wildman–Crippen MR) is 86.5 cm³/mol. The second kappa shape index (κ2) is 9.10. The van der Waals surface area contributed by atoms with Crippen LogP contribution in [0.15, 0.2) is 17.3 Å². The lowest BCUT2D eigenvalue weighted by Gasteiger charge is -2.28. The minimum atomic E-state index is -0.566. The molecule has 0 radical (unpaired) electrons. The molecule has 1 aromatic heterocycles. The van der Waals surface area contributed by atoms with E-state index in [9.17, 15) is 4.79 Å². The normalized spacial score (nSPS) is 13.9. The van der Waals surface area contributed by atoms with Gasteiger partial charge in [0.2, 0.25) is 0 Å². The lowest BCUT2D eigenvalue weighted by Crippen LogP contribution is -2.50. The fraction of sp³-hybridized carbons (Fsp3) is 0.733. The molecule has 21 heavy (non-hydrogen) atoms. The summed E-state index contributed by atoms with van der Waals surface area (Å²) in [5.74, 6) is 0.892. The number of carbonyl (C=O) groups is 1. The van der Waals surface area contributed by atoms with Gasteiger partial charge in [0, 0.05) is 18.1 Å². The third-order valence-corrected chi connectivity index (χ3v) is 4.35. The molecule has 1 aromatic rings. The summed E-state index contributed by atoms with van der Waals surface area (Å²) in [6.07, 6.45) is 6.76. The first kappa shape index (κ1) is 18.0. The van der Waals surface area contributed by atoms with Crippen LogP contribution in [0.3, 0.4) is 0 Å². The molecule has 0 bridgehead atoms. The van der Waals surface area contributed by atoms with Crippen LogP contribution in [0.1, 0.15) is 40.0 Å². The van der Waals surface area contributed by atoms with E-state index in [0.717, 1.165) is 31.6 Å². The van der Waals surface area contributed by atoms with Crippen molar-refractivity contribution in [2.24, 2.45) is 7.05 Å². The molecule has 0 amide bonds. The van der Waals surface area contributed by atoms with Crippen LogP contribution in [0.4, 0.5) is 0 Å². The van der Waals surface area contributed by atoms with Crippen molar-refractivity contribution in [1.29, 1.82) is 0 Å². The minimum Gasteiger partial charge on any atom is -0.465 e. The number of aryl methyl sites for hydroxylation is 1. The highest BCUT2D eigenvalue weighted by molar-refractivity contribution is 7.99. The van der Waals surface area contributed by atoms with Crippen LogP contribution in [-0.2, 0) is 16.6 Å². The van der Waals surface area contributed by atoms with Gasteiger partial charge in [-0.05, 0) is 39.0 Å². The van der Waals surface area contributed by atoms with Crippen molar-refractivity contribution in [2.75, 3.05) is 18.9 Å². The Hall–Kier alpha value is -1.01. The molecule has 1 atom stereocenters. The van der Waals surface area contributed by atoms with Gasteiger partial charge in [0.1, 0.15) is 5.54 Å². The summed E-state index contributed by atoms with van der Waals surface area (Å²) in [5, 5.41) is 7.41. The fourth-order valence-corrected chi connectivity index (χ4v) is 3.12. The summed E-state index contributed by atoms with van der Waals surface area (Å²) < 4.78 is 6.98. The van der Waals surface area contributed by atoms with Crippen molar-refractivity contribution < 1.29 is 9.53 Å². The van der Waals surface area contributed by atoms with Crippen LogP contribution in [0, 0.1) is 0 Å². The highest BCUT2D eigenvalue weighted by atomic mass is 32.2. The van der Waals surface area contributed by atoms with Gasteiger partial charge in [-0.1, -0.05) is 13.3 Å². The van der Waals surface area contributed by atoms with E-state index in [1.807, 2.05) is 44.9 Å². The van der Waals surface area contributed by atoms with E-state index < -0.39 is 5.54 Å². The monoisotopic (exact) mass is 313 g/mol. The summed E-state index contributed by atoms with van der Waals surface area (Å²) in [6, 6.07) is 0. The molecule has 0 aliphatic rings. The molecule has 0 aromatic carbocycles. The maximum absolute atomic E-state index is 12.0. The molecule has 1 heterocycles. The van der Waals surface area contributed by atoms with E-state index in [4.69, 9.17) is 4.74 Å². The Morgan fingerprint density at radius 2 is 2.24 bits per heavy atom. The maximum atomic E-state index is 12.0. The number of unbranched alkanes of at least 4 members (excludes halogenated alkanes) is 1. The van der Waals surface area contributed by atoms with Crippen LogP contribution < -0.4 is 5.32 Å². The van der Waals surface area contributed by atoms with Gasteiger partial charge in [-0.2, -0.15) is 5.10 Å². The van der Waals surface area contributed by atoms with E-state index in [2.05, 4.69) is 10.4 Å². The highest BCUT2D eigenvalue weighted by Gasteiger charge is 2.32. The number of thioether (sulfide) groups is 1. The number of hydrogen-bond donors (Lipinski definition) is 1. The molecular weight excluding hydrogens is 286 g/mol. The first-order valence-corrected chi connectivity index (χ1v) is 8.54. The average Bonchev–Trinajstić information content (AvgIpc) is 2.84. The van der Waals surface area contributed by atoms with Crippen molar-refractivity contribution in [3.63, 3.8) is 0 Å². The zero-order chi connectivity index (χ0) is 15.7. The zero-order valence-corrected chi connectivity index (χ0v) is 14.3. The Balaban J connectivity index is 2.31. The van der Waals surface area contributed by atoms with Gasteiger partial charge in [0.05, 0.1) is 12.8 Å². The predicted octanol–water partition coefficient (Wildman–Crippen LogP) is 2.61. The molecule has 1 rings (SSSR count). The molecule has 120 valence electrons. The molecule has 0 aliphatic heterocycles. The third-order valence-electron chi connectivity index (χ3n) is 3.31. The SMILES string of the molecule is CCNC(C)(CCCCSc1cnn(C)c1)C(=O)OCC. The Morgan fingerprint density at radius 3 is 2.81 bits per heavy atom. The second-order valence-corrected chi connectivity index (χ2v) is 6.41.